The Morgan fingerprint density at radius 1 is 1.25 bits per heavy atom. The molecule has 24 heavy (non-hydrogen) atoms. The van der Waals surface area contributed by atoms with E-state index in [1.54, 1.807) is 4.90 Å². The van der Waals surface area contributed by atoms with Gasteiger partial charge in [-0.15, -0.1) is 0 Å². The normalized spacial score (nSPS) is 24.3. The number of anilines is 1. The number of para-hydroxylation sites is 1. The number of carbonyl (C=O) groups is 3. The number of ether oxygens (including phenoxy) is 1. The van der Waals surface area contributed by atoms with Gasteiger partial charge in [0, 0.05) is 17.6 Å². The third kappa shape index (κ3) is 3.16. The number of benzene rings is 1. The summed E-state index contributed by atoms with van der Waals surface area (Å²) in [7, 11) is 0. The molecule has 1 aromatic carbocycles. The average molecular weight is 397 g/mol. The Morgan fingerprint density at radius 3 is 2.71 bits per heavy atom. The molecular weight excluding hydrogens is 380 g/mol. The number of nitrogens with zero attached hydrogens (tertiary/aromatic N) is 2. The highest BCUT2D eigenvalue weighted by atomic mass is 79.9. The van der Waals surface area contributed by atoms with Crippen LogP contribution in [0.1, 0.15) is 6.42 Å². The lowest BCUT2D eigenvalue weighted by molar-refractivity contribution is -0.160. The van der Waals surface area contributed by atoms with E-state index in [2.05, 4.69) is 15.9 Å². The molecule has 0 spiro atoms. The summed E-state index contributed by atoms with van der Waals surface area (Å²) in [5, 5.41) is 9.03. The Hall–Kier alpha value is -1.93. The molecule has 2 aliphatic rings. The summed E-state index contributed by atoms with van der Waals surface area (Å²) in [4.78, 5) is 39.4. The summed E-state index contributed by atoms with van der Waals surface area (Å²) >= 11 is 3.42. The van der Waals surface area contributed by atoms with Crippen LogP contribution in [0, 0.1) is 5.92 Å². The molecule has 7 nitrogen and oxygen atoms in total. The van der Waals surface area contributed by atoms with E-state index in [0.29, 0.717) is 19.5 Å². The number of carboxylic acids is 1. The van der Waals surface area contributed by atoms with Crippen LogP contribution in [-0.2, 0) is 19.1 Å². The molecule has 2 saturated heterocycles. The lowest BCUT2D eigenvalue weighted by Crippen LogP contribution is -2.51. The van der Waals surface area contributed by atoms with Crippen LogP contribution < -0.4 is 4.90 Å². The lowest BCUT2D eigenvalue weighted by atomic mass is 10.1. The second-order valence-corrected chi connectivity index (χ2v) is 6.62. The van der Waals surface area contributed by atoms with Crippen LogP contribution in [0.4, 0.5) is 5.69 Å². The highest BCUT2D eigenvalue weighted by Gasteiger charge is 2.41. The van der Waals surface area contributed by atoms with Gasteiger partial charge in [-0.1, -0.05) is 12.1 Å². The molecule has 2 fully saturated rings. The highest BCUT2D eigenvalue weighted by Crippen LogP contribution is 2.32. The Balaban J connectivity index is 1.72. The first kappa shape index (κ1) is 16.9. The predicted octanol–water partition coefficient (Wildman–Crippen LogP) is 1.11. The Labute approximate surface area is 147 Å². The van der Waals surface area contributed by atoms with Crippen LogP contribution in [0.2, 0.25) is 0 Å². The SMILES string of the molecule is O=C(O)C1CN(C(=O)C2CCN(c3ccccc3Br)C2=O)CCO1. The number of halogens is 1. The number of aliphatic carboxylic acids is 1. The van der Waals surface area contributed by atoms with Gasteiger partial charge >= 0.3 is 5.97 Å². The number of carboxylic acid groups (broad SMARTS) is 1. The third-order valence-electron chi connectivity index (χ3n) is 4.30. The minimum atomic E-state index is -1.10. The maximum absolute atomic E-state index is 12.7. The fourth-order valence-corrected chi connectivity index (χ4v) is 3.54. The molecule has 0 saturated carbocycles. The molecule has 2 amide bonds. The minimum Gasteiger partial charge on any atom is -0.479 e. The number of hydrogen-bond acceptors (Lipinski definition) is 4. The molecule has 3 rings (SSSR count). The van der Waals surface area contributed by atoms with Crippen molar-refractivity contribution in [1.29, 1.82) is 0 Å². The van der Waals surface area contributed by atoms with Gasteiger partial charge in [-0.3, -0.25) is 9.59 Å². The van der Waals surface area contributed by atoms with Crippen molar-refractivity contribution in [3.05, 3.63) is 28.7 Å². The van der Waals surface area contributed by atoms with Crippen molar-refractivity contribution in [1.82, 2.24) is 4.90 Å². The van der Waals surface area contributed by atoms with Crippen LogP contribution in [0.3, 0.4) is 0 Å². The highest BCUT2D eigenvalue weighted by molar-refractivity contribution is 9.10. The van der Waals surface area contributed by atoms with Gasteiger partial charge in [-0.25, -0.2) is 4.79 Å². The first-order valence-corrected chi connectivity index (χ1v) is 8.47. The number of amides is 2. The van der Waals surface area contributed by atoms with Gasteiger partial charge in [0.15, 0.2) is 6.10 Å². The molecule has 8 heteroatoms. The Kier molecular flexibility index (Phi) is 4.86. The Bertz CT molecular complexity index is 680. The number of morpholine rings is 1. The number of rotatable bonds is 3. The van der Waals surface area contributed by atoms with Gasteiger partial charge in [0.1, 0.15) is 5.92 Å². The van der Waals surface area contributed by atoms with Crippen molar-refractivity contribution in [2.24, 2.45) is 5.92 Å². The van der Waals surface area contributed by atoms with Gasteiger partial charge < -0.3 is 19.6 Å². The van der Waals surface area contributed by atoms with Crippen molar-refractivity contribution in [3.8, 4) is 0 Å². The van der Waals surface area contributed by atoms with E-state index in [4.69, 9.17) is 9.84 Å². The van der Waals surface area contributed by atoms with Crippen molar-refractivity contribution >= 4 is 39.4 Å². The van der Waals surface area contributed by atoms with E-state index < -0.39 is 18.0 Å². The van der Waals surface area contributed by atoms with Crippen LogP contribution in [0.5, 0.6) is 0 Å². The molecule has 0 bridgehead atoms. The molecule has 0 aromatic heterocycles. The second-order valence-electron chi connectivity index (χ2n) is 5.76. The summed E-state index contributed by atoms with van der Waals surface area (Å²) in [5.41, 5.74) is 0.739. The zero-order valence-corrected chi connectivity index (χ0v) is 14.4. The van der Waals surface area contributed by atoms with Gasteiger partial charge in [0.05, 0.1) is 18.8 Å². The fraction of sp³-hybridized carbons (Fsp3) is 0.438. The zero-order valence-electron chi connectivity index (χ0n) is 12.9. The first-order chi connectivity index (χ1) is 11.5. The Morgan fingerprint density at radius 2 is 2.00 bits per heavy atom. The smallest absolute Gasteiger partial charge is 0.334 e. The number of hydrogen-bond donors (Lipinski definition) is 1. The second kappa shape index (κ2) is 6.90. The zero-order chi connectivity index (χ0) is 17.3. The van der Waals surface area contributed by atoms with Gasteiger partial charge in [0.25, 0.3) is 0 Å². The van der Waals surface area contributed by atoms with Gasteiger partial charge in [0.2, 0.25) is 11.8 Å². The van der Waals surface area contributed by atoms with Crippen molar-refractivity contribution in [2.45, 2.75) is 12.5 Å². The summed E-state index contributed by atoms with van der Waals surface area (Å²) < 4.78 is 5.92. The fourth-order valence-electron chi connectivity index (χ4n) is 3.04. The van der Waals surface area contributed by atoms with Crippen molar-refractivity contribution in [3.63, 3.8) is 0 Å². The number of carbonyl (C=O) groups excluding carboxylic acids is 2. The van der Waals surface area contributed by atoms with Gasteiger partial charge in [-0.05, 0) is 34.5 Å². The molecule has 0 aliphatic carbocycles. The summed E-state index contributed by atoms with van der Waals surface area (Å²) in [6.07, 6.45) is -0.604. The molecular formula is C16H17BrN2O5. The van der Waals surface area contributed by atoms with Crippen molar-refractivity contribution < 1.29 is 24.2 Å². The van der Waals surface area contributed by atoms with E-state index in [9.17, 15) is 14.4 Å². The largest absolute Gasteiger partial charge is 0.479 e. The maximum atomic E-state index is 12.7. The summed E-state index contributed by atoms with van der Waals surface area (Å²) in [6.45, 7) is 0.913. The minimum absolute atomic E-state index is 0.0209. The summed E-state index contributed by atoms with van der Waals surface area (Å²) in [5.74, 6) is -2.42. The summed E-state index contributed by atoms with van der Waals surface area (Å²) in [6, 6.07) is 7.36. The van der Waals surface area contributed by atoms with Crippen LogP contribution >= 0.6 is 15.9 Å². The van der Waals surface area contributed by atoms with Crippen LogP contribution in [0.25, 0.3) is 0 Å². The van der Waals surface area contributed by atoms with E-state index in [0.717, 1.165) is 10.2 Å². The van der Waals surface area contributed by atoms with Crippen LogP contribution in [0.15, 0.2) is 28.7 Å². The molecule has 1 aromatic rings. The standard InChI is InChI=1S/C16H17BrN2O5/c17-11-3-1-2-4-12(11)19-6-5-10(15(19)21)14(20)18-7-8-24-13(9-18)16(22)23/h1-4,10,13H,5-9H2,(H,22,23). The lowest BCUT2D eigenvalue weighted by Gasteiger charge is -2.32. The first-order valence-electron chi connectivity index (χ1n) is 7.68. The van der Waals surface area contributed by atoms with E-state index in [1.165, 1.54) is 4.90 Å². The topological polar surface area (TPSA) is 87.2 Å². The molecule has 1 N–H and O–H groups in total. The average Bonchev–Trinajstić information content (AvgIpc) is 2.96. The molecule has 2 heterocycles. The molecule has 2 unspecified atom stereocenters. The molecule has 2 atom stereocenters. The molecule has 128 valence electrons. The molecule has 0 radical (unpaired) electrons. The van der Waals surface area contributed by atoms with E-state index in [1.807, 2.05) is 24.3 Å². The maximum Gasteiger partial charge on any atom is 0.334 e. The molecule has 2 aliphatic heterocycles. The quantitative estimate of drug-likeness (QED) is 0.773. The third-order valence-corrected chi connectivity index (χ3v) is 4.97. The monoisotopic (exact) mass is 396 g/mol. The van der Waals surface area contributed by atoms with Crippen molar-refractivity contribution in [2.75, 3.05) is 31.1 Å². The van der Waals surface area contributed by atoms with E-state index in [-0.39, 0.29) is 25.0 Å². The van der Waals surface area contributed by atoms with Gasteiger partial charge in [-0.2, -0.15) is 0 Å². The van der Waals surface area contributed by atoms with E-state index >= 15 is 0 Å². The predicted molar refractivity (Wildman–Crippen MR) is 88.6 cm³/mol. The van der Waals surface area contributed by atoms with Crippen LogP contribution in [-0.4, -0.2) is 60.1 Å².